The SMILES string of the molecule is CC(=O)N1CCCNc2cc(C)cc(C)c21. The first-order valence-corrected chi connectivity index (χ1v) is 5.73. The van der Waals surface area contributed by atoms with E-state index < -0.39 is 0 Å². The second-order valence-electron chi connectivity index (χ2n) is 4.43. The fourth-order valence-corrected chi connectivity index (χ4v) is 2.34. The minimum Gasteiger partial charge on any atom is -0.383 e. The highest BCUT2D eigenvalue weighted by Crippen LogP contribution is 2.33. The molecule has 0 unspecified atom stereocenters. The van der Waals surface area contributed by atoms with E-state index in [9.17, 15) is 4.79 Å². The number of nitrogens with one attached hydrogen (secondary N) is 1. The number of amides is 1. The minimum absolute atomic E-state index is 0.122. The molecule has 3 heteroatoms. The molecule has 0 radical (unpaired) electrons. The summed E-state index contributed by atoms with van der Waals surface area (Å²) in [5.41, 5.74) is 4.54. The van der Waals surface area contributed by atoms with Crippen molar-refractivity contribution in [3.63, 3.8) is 0 Å². The third kappa shape index (κ3) is 1.90. The smallest absolute Gasteiger partial charge is 0.223 e. The Morgan fingerprint density at radius 2 is 2.12 bits per heavy atom. The van der Waals surface area contributed by atoms with Crippen molar-refractivity contribution in [2.24, 2.45) is 0 Å². The summed E-state index contributed by atoms with van der Waals surface area (Å²) in [5.74, 6) is 0.122. The van der Waals surface area contributed by atoms with Gasteiger partial charge in [-0.1, -0.05) is 6.07 Å². The molecule has 0 saturated heterocycles. The maximum absolute atomic E-state index is 11.6. The van der Waals surface area contributed by atoms with E-state index in [1.165, 1.54) is 11.1 Å². The van der Waals surface area contributed by atoms with E-state index in [-0.39, 0.29) is 5.91 Å². The summed E-state index contributed by atoms with van der Waals surface area (Å²) in [4.78, 5) is 13.5. The Morgan fingerprint density at radius 1 is 1.38 bits per heavy atom. The number of rotatable bonds is 0. The molecule has 2 rings (SSSR count). The molecule has 0 spiro atoms. The molecule has 1 heterocycles. The molecule has 16 heavy (non-hydrogen) atoms. The Labute approximate surface area is 96.5 Å². The molecular weight excluding hydrogens is 200 g/mol. The van der Waals surface area contributed by atoms with Gasteiger partial charge in [0.2, 0.25) is 5.91 Å². The van der Waals surface area contributed by atoms with Crippen molar-refractivity contribution in [2.45, 2.75) is 27.2 Å². The van der Waals surface area contributed by atoms with Crippen LogP contribution in [-0.4, -0.2) is 19.0 Å². The zero-order valence-corrected chi connectivity index (χ0v) is 10.1. The summed E-state index contributed by atoms with van der Waals surface area (Å²) in [6, 6.07) is 4.24. The second kappa shape index (κ2) is 4.16. The van der Waals surface area contributed by atoms with Crippen molar-refractivity contribution in [1.82, 2.24) is 0 Å². The first kappa shape index (κ1) is 11.0. The van der Waals surface area contributed by atoms with Crippen molar-refractivity contribution in [3.8, 4) is 0 Å². The quantitative estimate of drug-likeness (QED) is 0.725. The second-order valence-corrected chi connectivity index (χ2v) is 4.43. The summed E-state index contributed by atoms with van der Waals surface area (Å²) in [6.07, 6.45) is 0.993. The van der Waals surface area contributed by atoms with Crippen LogP contribution in [0, 0.1) is 13.8 Å². The number of carbonyl (C=O) groups excluding carboxylic acids is 1. The van der Waals surface area contributed by atoms with E-state index in [0.29, 0.717) is 0 Å². The third-order valence-corrected chi connectivity index (χ3v) is 2.97. The van der Waals surface area contributed by atoms with Gasteiger partial charge in [-0.2, -0.15) is 0 Å². The highest BCUT2D eigenvalue weighted by atomic mass is 16.2. The molecule has 1 N–H and O–H groups in total. The van der Waals surface area contributed by atoms with Gasteiger partial charge in [0.05, 0.1) is 11.4 Å². The maximum atomic E-state index is 11.6. The molecular formula is C13H18N2O. The summed E-state index contributed by atoms with van der Waals surface area (Å²) in [5, 5.41) is 3.40. The molecule has 0 fully saturated rings. The van der Waals surface area contributed by atoms with Gasteiger partial charge in [0.15, 0.2) is 0 Å². The Hall–Kier alpha value is -1.51. The molecule has 86 valence electrons. The average Bonchev–Trinajstić information content (AvgIpc) is 2.39. The molecule has 3 nitrogen and oxygen atoms in total. The van der Waals surface area contributed by atoms with E-state index in [1.54, 1.807) is 6.92 Å². The van der Waals surface area contributed by atoms with Crippen molar-refractivity contribution >= 4 is 17.3 Å². The van der Waals surface area contributed by atoms with Gasteiger partial charge in [-0.25, -0.2) is 0 Å². The number of hydrogen-bond donors (Lipinski definition) is 1. The average molecular weight is 218 g/mol. The Balaban J connectivity index is 2.56. The topological polar surface area (TPSA) is 32.3 Å². The molecule has 1 aromatic rings. The normalized spacial score (nSPS) is 15.1. The monoisotopic (exact) mass is 218 g/mol. The fraction of sp³-hybridized carbons (Fsp3) is 0.462. The number of anilines is 2. The number of carbonyl (C=O) groups is 1. The van der Waals surface area contributed by atoms with Gasteiger partial charge >= 0.3 is 0 Å². The van der Waals surface area contributed by atoms with Gasteiger partial charge in [0.1, 0.15) is 0 Å². The first-order valence-electron chi connectivity index (χ1n) is 5.73. The van der Waals surface area contributed by atoms with Gasteiger partial charge < -0.3 is 10.2 Å². The van der Waals surface area contributed by atoms with Crippen LogP contribution in [0.15, 0.2) is 12.1 Å². The van der Waals surface area contributed by atoms with E-state index >= 15 is 0 Å². The van der Waals surface area contributed by atoms with Crippen LogP contribution in [0.3, 0.4) is 0 Å². The van der Waals surface area contributed by atoms with E-state index in [2.05, 4.69) is 31.3 Å². The highest BCUT2D eigenvalue weighted by Gasteiger charge is 2.20. The standard InChI is InChI=1S/C13H18N2O/c1-9-7-10(2)13-12(8-9)14-5-4-6-15(13)11(3)16/h7-8,14H,4-6H2,1-3H3. The van der Waals surface area contributed by atoms with Crippen LogP contribution in [-0.2, 0) is 4.79 Å². The number of nitrogens with zero attached hydrogens (tertiary/aromatic N) is 1. The zero-order chi connectivity index (χ0) is 11.7. The van der Waals surface area contributed by atoms with E-state index in [0.717, 1.165) is 30.9 Å². The highest BCUT2D eigenvalue weighted by molar-refractivity contribution is 5.96. The molecule has 0 atom stereocenters. The predicted octanol–water partition coefficient (Wildman–Crippen LogP) is 2.47. The molecule has 1 amide bonds. The van der Waals surface area contributed by atoms with Crippen LogP contribution < -0.4 is 10.2 Å². The Morgan fingerprint density at radius 3 is 2.81 bits per heavy atom. The van der Waals surface area contributed by atoms with Crippen LogP contribution in [0.1, 0.15) is 24.5 Å². The summed E-state index contributed by atoms with van der Waals surface area (Å²) < 4.78 is 0. The van der Waals surface area contributed by atoms with E-state index in [4.69, 9.17) is 0 Å². The number of aryl methyl sites for hydroxylation is 2. The van der Waals surface area contributed by atoms with Gasteiger partial charge in [0, 0.05) is 20.0 Å². The minimum atomic E-state index is 0.122. The van der Waals surface area contributed by atoms with Gasteiger partial charge in [-0.15, -0.1) is 0 Å². The van der Waals surface area contributed by atoms with Gasteiger partial charge in [-0.05, 0) is 37.5 Å². The zero-order valence-electron chi connectivity index (χ0n) is 10.1. The van der Waals surface area contributed by atoms with Crippen molar-refractivity contribution in [1.29, 1.82) is 0 Å². The summed E-state index contributed by atoms with van der Waals surface area (Å²) in [6.45, 7) is 7.51. The fourth-order valence-electron chi connectivity index (χ4n) is 2.34. The van der Waals surface area contributed by atoms with Crippen LogP contribution in [0.2, 0.25) is 0 Å². The molecule has 0 bridgehead atoms. The molecule has 1 aliphatic heterocycles. The lowest BCUT2D eigenvalue weighted by atomic mass is 10.1. The lowest BCUT2D eigenvalue weighted by Crippen LogP contribution is -2.29. The van der Waals surface area contributed by atoms with Crippen molar-refractivity contribution in [2.75, 3.05) is 23.3 Å². The number of fused-ring (bicyclic) bond motifs is 1. The van der Waals surface area contributed by atoms with Crippen molar-refractivity contribution in [3.05, 3.63) is 23.3 Å². The predicted molar refractivity (Wildman–Crippen MR) is 67.0 cm³/mol. The van der Waals surface area contributed by atoms with Crippen LogP contribution in [0.5, 0.6) is 0 Å². The summed E-state index contributed by atoms with van der Waals surface area (Å²) >= 11 is 0. The van der Waals surface area contributed by atoms with Crippen LogP contribution in [0.25, 0.3) is 0 Å². The maximum Gasteiger partial charge on any atom is 0.223 e. The third-order valence-electron chi connectivity index (χ3n) is 2.97. The molecule has 0 aromatic heterocycles. The first-order chi connectivity index (χ1) is 7.59. The van der Waals surface area contributed by atoms with Gasteiger partial charge in [-0.3, -0.25) is 4.79 Å². The number of benzene rings is 1. The molecule has 0 aliphatic carbocycles. The van der Waals surface area contributed by atoms with Crippen molar-refractivity contribution < 1.29 is 4.79 Å². The largest absolute Gasteiger partial charge is 0.383 e. The van der Waals surface area contributed by atoms with Gasteiger partial charge in [0.25, 0.3) is 0 Å². The molecule has 1 aliphatic rings. The van der Waals surface area contributed by atoms with E-state index in [1.807, 2.05) is 4.90 Å². The van der Waals surface area contributed by atoms with Crippen LogP contribution in [0.4, 0.5) is 11.4 Å². The lowest BCUT2D eigenvalue weighted by Gasteiger charge is -2.23. The Bertz CT molecular complexity index is 426. The number of hydrogen-bond acceptors (Lipinski definition) is 2. The molecule has 1 aromatic carbocycles. The van der Waals surface area contributed by atoms with Crippen LogP contribution >= 0.6 is 0 Å². The lowest BCUT2D eigenvalue weighted by molar-refractivity contribution is -0.116. The Kier molecular flexibility index (Phi) is 2.86. The summed E-state index contributed by atoms with van der Waals surface area (Å²) in [7, 11) is 0. The molecule has 0 saturated carbocycles.